The fraction of sp³-hybridized carbons (Fsp3) is 0.571. The van der Waals surface area contributed by atoms with Gasteiger partial charge in [0.25, 0.3) is 11.7 Å². The zero-order chi connectivity index (χ0) is 13.8. The van der Waals surface area contributed by atoms with Crippen LogP contribution in [0, 0.1) is 0 Å². The van der Waals surface area contributed by atoms with Gasteiger partial charge in [0.1, 0.15) is 19.3 Å². The number of rotatable bonds is 2. The second kappa shape index (κ2) is 6.19. The molecular formula is C14H20N3O3+. The second-order valence-corrected chi connectivity index (χ2v) is 4.97. The molecule has 2 saturated heterocycles. The lowest BCUT2D eigenvalue weighted by molar-refractivity contribution is -0.364. The number of aromatic nitrogens is 1. The van der Waals surface area contributed by atoms with E-state index in [0.29, 0.717) is 31.9 Å². The summed E-state index contributed by atoms with van der Waals surface area (Å²) in [5.74, 6) is 1.10. The van der Waals surface area contributed by atoms with E-state index in [2.05, 4.69) is 9.88 Å². The minimum absolute atomic E-state index is 0.0677. The summed E-state index contributed by atoms with van der Waals surface area (Å²) in [5, 5.41) is 0. The summed E-state index contributed by atoms with van der Waals surface area (Å²) in [6.45, 7) is 5.86. The average molecular weight is 278 g/mol. The Balaban J connectivity index is 1.67. The third-order valence-corrected chi connectivity index (χ3v) is 3.69. The molecule has 0 spiro atoms. The highest BCUT2D eigenvalue weighted by Crippen LogP contribution is 2.11. The van der Waals surface area contributed by atoms with Gasteiger partial charge in [-0.3, -0.25) is 9.69 Å². The van der Waals surface area contributed by atoms with Crippen LogP contribution in [0.4, 0.5) is 5.82 Å². The van der Waals surface area contributed by atoms with E-state index in [1.165, 1.54) is 0 Å². The van der Waals surface area contributed by atoms with Crippen molar-refractivity contribution >= 4 is 11.7 Å². The predicted octanol–water partition coefficient (Wildman–Crippen LogP) is -0.190. The van der Waals surface area contributed by atoms with Gasteiger partial charge in [-0.1, -0.05) is 0 Å². The zero-order valence-corrected chi connectivity index (χ0v) is 11.5. The van der Waals surface area contributed by atoms with E-state index in [1.54, 1.807) is 6.20 Å². The van der Waals surface area contributed by atoms with E-state index >= 15 is 0 Å². The number of morpholine rings is 2. The average Bonchev–Trinajstić information content (AvgIpc) is 2.56. The number of nitrogens with zero attached hydrogens (tertiary/aromatic N) is 2. The van der Waals surface area contributed by atoms with Crippen molar-refractivity contribution in [3.8, 4) is 0 Å². The molecule has 0 unspecified atom stereocenters. The lowest BCUT2D eigenvalue weighted by Crippen LogP contribution is -2.42. The zero-order valence-electron chi connectivity index (χ0n) is 11.5. The van der Waals surface area contributed by atoms with E-state index in [4.69, 9.17) is 9.47 Å². The van der Waals surface area contributed by atoms with Gasteiger partial charge < -0.3 is 14.4 Å². The molecule has 6 heteroatoms. The molecule has 0 aromatic carbocycles. The summed E-state index contributed by atoms with van der Waals surface area (Å²) < 4.78 is 10.6. The molecule has 3 rings (SSSR count). The van der Waals surface area contributed by atoms with Crippen molar-refractivity contribution in [3.05, 3.63) is 23.9 Å². The number of carbonyl (C=O) groups is 1. The van der Waals surface area contributed by atoms with Crippen molar-refractivity contribution in [3.63, 3.8) is 0 Å². The van der Waals surface area contributed by atoms with Crippen LogP contribution in [0.3, 0.4) is 0 Å². The Labute approximate surface area is 118 Å². The van der Waals surface area contributed by atoms with E-state index in [-0.39, 0.29) is 5.91 Å². The van der Waals surface area contributed by atoms with Gasteiger partial charge in [0, 0.05) is 19.2 Å². The topological polar surface area (TPSA) is 56.2 Å². The molecule has 0 bridgehead atoms. The van der Waals surface area contributed by atoms with Gasteiger partial charge in [-0.2, -0.15) is 0 Å². The molecule has 2 aliphatic heterocycles. The maximum Gasteiger partial charge on any atom is 0.274 e. The third-order valence-electron chi connectivity index (χ3n) is 3.69. The maximum absolute atomic E-state index is 12.3. The van der Waals surface area contributed by atoms with Gasteiger partial charge in [-0.15, -0.1) is 0 Å². The molecule has 1 aromatic heterocycles. The summed E-state index contributed by atoms with van der Waals surface area (Å²) >= 11 is 0. The van der Waals surface area contributed by atoms with Gasteiger partial charge in [0.15, 0.2) is 0 Å². The molecule has 108 valence electrons. The van der Waals surface area contributed by atoms with E-state index in [0.717, 1.165) is 32.1 Å². The van der Waals surface area contributed by atoms with Gasteiger partial charge in [-0.05, 0) is 6.07 Å². The first kappa shape index (κ1) is 13.3. The highest BCUT2D eigenvalue weighted by atomic mass is 16.5. The Kier molecular flexibility index (Phi) is 4.13. The Morgan fingerprint density at radius 1 is 1.00 bits per heavy atom. The van der Waals surface area contributed by atoms with Crippen LogP contribution in [0.1, 0.15) is 10.4 Å². The summed E-state index contributed by atoms with van der Waals surface area (Å²) in [6, 6.07) is 3.86. The van der Waals surface area contributed by atoms with Crippen molar-refractivity contribution in [2.24, 2.45) is 0 Å². The molecule has 0 saturated carbocycles. The molecule has 0 radical (unpaired) electrons. The fourth-order valence-corrected chi connectivity index (χ4v) is 2.50. The smallest absolute Gasteiger partial charge is 0.274 e. The molecule has 6 nitrogen and oxygen atoms in total. The molecule has 2 fully saturated rings. The SMILES string of the molecule is O=C(c1ccc(N2CCOCC2)[nH+]c1)N1CCOCC1. The minimum atomic E-state index is 0.0677. The molecule has 1 amide bonds. The van der Waals surface area contributed by atoms with Crippen LogP contribution in [0.15, 0.2) is 18.3 Å². The molecule has 1 N–H and O–H groups in total. The first-order chi connectivity index (χ1) is 9.84. The molecule has 3 heterocycles. The Bertz CT molecular complexity index is 451. The quantitative estimate of drug-likeness (QED) is 0.752. The van der Waals surface area contributed by atoms with E-state index < -0.39 is 0 Å². The van der Waals surface area contributed by atoms with Crippen molar-refractivity contribution in [1.29, 1.82) is 0 Å². The molecule has 1 aromatic rings. The molecule has 2 aliphatic rings. The van der Waals surface area contributed by atoms with Crippen molar-refractivity contribution in [1.82, 2.24) is 4.90 Å². The number of H-pyrrole nitrogens is 1. The van der Waals surface area contributed by atoms with Gasteiger partial charge in [0.05, 0.1) is 32.0 Å². The summed E-state index contributed by atoms with van der Waals surface area (Å²) in [5.41, 5.74) is 0.698. The van der Waals surface area contributed by atoms with Crippen LogP contribution >= 0.6 is 0 Å². The van der Waals surface area contributed by atoms with E-state index in [1.807, 2.05) is 17.0 Å². The van der Waals surface area contributed by atoms with Crippen LogP contribution in [0.2, 0.25) is 0 Å². The summed E-state index contributed by atoms with van der Waals surface area (Å²) in [7, 11) is 0. The van der Waals surface area contributed by atoms with Gasteiger partial charge >= 0.3 is 0 Å². The number of hydrogen-bond donors (Lipinski definition) is 0. The van der Waals surface area contributed by atoms with Crippen molar-refractivity contribution in [2.45, 2.75) is 0 Å². The molecule has 0 aliphatic carbocycles. The summed E-state index contributed by atoms with van der Waals surface area (Å²) in [4.78, 5) is 19.6. The second-order valence-electron chi connectivity index (χ2n) is 4.97. The molecule has 20 heavy (non-hydrogen) atoms. The predicted molar refractivity (Wildman–Crippen MR) is 72.8 cm³/mol. The Morgan fingerprint density at radius 3 is 2.25 bits per heavy atom. The Hall–Kier alpha value is -1.66. The Morgan fingerprint density at radius 2 is 1.65 bits per heavy atom. The number of hydrogen-bond acceptors (Lipinski definition) is 4. The molecular weight excluding hydrogens is 258 g/mol. The monoisotopic (exact) mass is 278 g/mol. The van der Waals surface area contributed by atoms with Crippen LogP contribution in [-0.2, 0) is 9.47 Å². The highest BCUT2D eigenvalue weighted by molar-refractivity contribution is 5.93. The van der Waals surface area contributed by atoms with Gasteiger partial charge in [0.2, 0.25) is 0 Å². The number of nitrogens with one attached hydrogen (secondary N) is 1. The first-order valence-electron chi connectivity index (χ1n) is 7.06. The number of anilines is 1. The van der Waals surface area contributed by atoms with Crippen LogP contribution < -0.4 is 9.88 Å². The highest BCUT2D eigenvalue weighted by Gasteiger charge is 2.22. The van der Waals surface area contributed by atoms with Crippen LogP contribution in [0.25, 0.3) is 0 Å². The minimum Gasteiger partial charge on any atom is -0.378 e. The van der Waals surface area contributed by atoms with Gasteiger partial charge in [-0.25, -0.2) is 4.98 Å². The lowest BCUT2D eigenvalue weighted by Gasteiger charge is -2.26. The largest absolute Gasteiger partial charge is 0.378 e. The third kappa shape index (κ3) is 2.91. The first-order valence-corrected chi connectivity index (χ1v) is 7.06. The number of amides is 1. The number of carbonyl (C=O) groups excluding carboxylic acids is 1. The standard InChI is InChI=1S/C14H19N3O3/c18-14(17-5-9-20-10-6-17)12-1-2-13(15-11-12)16-3-7-19-8-4-16/h1-2,11H,3-10H2/p+1. The number of ether oxygens (including phenoxy) is 2. The number of aromatic amines is 1. The van der Waals surface area contributed by atoms with Crippen LogP contribution in [-0.4, -0.2) is 63.4 Å². The van der Waals surface area contributed by atoms with Crippen molar-refractivity contribution < 1.29 is 19.3 Å². The fourth-order valence-electron chi connectivity index (χ4n) is 2.50. The van der Waals surface area contributed by atoms with Crippen molar-refractivity contribution in [2.75, 3.05) is 57.5 Å². The van der Waals surface area contributed by atoms with E-state index in [9.17, 15) is 4.79 Å². The lowest BCUT2D eigenvalue weighted by atomic mass is 10.2. The maximum atomic E-state index is 12.3. The number of pyridine rings is 1. The normalized spacial score (nSPS) is 20.0. The molecule has 0 atom stereocenters. The van der Waals surface area contributed by atoms with Crippen LogP contribution in [0.5, 0.6) is 0 Å². The summed E-state index contributed by atoms with van der Waals surface area (Å²) in [6.07, 6.45) is 1.79.